The lowest BCUT2D eigenvalue weighted by molar-refractivity contribution is -0.133. The highest BCUT2D eigenvalue weighted by Crippen LogP contribution is 2.27. The predicted molar refractivity (Wildman–Crippen MR) is 141 cm³/mol. The molecule has 0 spiro atoms. The highest BCUT2D eigenvalue weighted by molar-refractivity contribution is 5.95. The molecule has 0 aromatic heterocycles. The van der Waals surface area contributed by atoms with Crippen LogP contribution in [0.1, 0.15) is 51.5 Å². The summed E-state index contributed by atoms with van der Waals surface area (Å²) in [5, 5.41) is 0. The number of hydrogen-bond acceptors (Lipinski definition) is 5. The molecule has 7 nitrogen and oxygen atoms in total. The maximum absolute atomic E-state index is 14.4. The standard InChI is InChI=1S/C28H45FN4O3/c1-22(2)19-31-11-5-13-32(27(34)17-23-9-15-30(3)16-10-23)20-24-18-25(29)7-8-26(24)33(14-6-12-31)28(35)21-36-4/h7-8,18,22-23H,5-6,9-17,19-21H2,1-4H3. The van der Waals surface area contributed by atoms with Crippen molar-refractivity contribution >= 4 is 17.5 Å². The Morgan fingerprint density at radius 1 is 1.03 bits per heavy atom. The molecule has 202 valence electrons. The Balaban J connectivity index is 1.88. The lowest BCUT2D eigenvalue weighted by atomic mass is 9.93. The largest absolute Gasteiger partial charge is 0.375 e. The van der Waals surface area contributed by atoms with E-state index >= 15 is 0 Å². The van der Waals surface area contributed by atoms with E-state index in [9.17, 15) is 14.0 Å². The fourth-order valence-corrected chi connectivity index (χ4v) is 5.41. The van der Waals surface area contributed by atoms with Crippen LogP contribution < -0.4 is 4.90 Å². The second-order valence-electron chi connectivity index (χ2n) is 10.9. The van der Waals surface area contributed by atoms with Crippen LogP contribution in [0.2, 0.25) is 0 Å². The molecule has 1 fully saturated rings. The number of hydrogen-bond donors (Lipinski definition) is 0. The van der Waals surface area contributed by atoms with Crippen LogP contribution in [0.15, 0.2) is 18.2 Å². The number of benzene rings is 1. The van der Waals surface area contributed by atoms with Gasteiger partial charge in [0.25, 0.3) is 5.91 Å². The minimum absolute atomic E-state index is 0.0364. The van der Waals surface area contributed by atoms with Gasteiger partial charge in [-0.2, -0.15) is 0 Å². The minimum Gasteiger partial charge on any atom is -0.375 e. The SMILES string of the molecule is COCC(=O)N1CCCN(CC(C)C)CCCN(C(=O)CC2CCN(C)CC2)Cc2cc(F)ccc21. The first kappa shape index (κ1) is 28.5. The Morgan fingerprint density at radius 3 is 2.39 bits per heavy atom. The summed E-state index contributed by atoms with van der Waals surface area (Å²) in [4.78, 5) is 34.9. The van der Waals surface area contributed by atoms with Gasteiger partial charge in [0, 0.05) is 45.4 Å². The fraction of sp³-hybridized carbons (Fsp3) is 0.714. The van der Waals surface area contributed by atoms with Gasteiger partial charge in [-0.15, -0.1) is 0 Å². The summed E-state index contributed by atoms with van der Waals surface area (Å²) in [6.07, 6.45) is 4.28. The number of fused-ring (bicyclic) bond motifs is 1. The average molecular weight is 505 g/mol. The van der Waals surface area contributed by atoms with Crippen molar-refractivity contribution in [3.05, 3.63) is 29.6 Å². The first-order chi connectivity index (χ1) is 17.3. The van der Waals surface area contributed by atoms with E-state index in [1.165, 1.54) is 19.2 Å². The Bertz CT molecular complexity index is 857. The van der Waals surface area contributed by atoms with Gasteiger partial charge in [-0.25, -0.2) is 4.39 Å². The normalized spacial score (nSPS) is 19.6. The van der Waals surface area contributed by atoms with Gasteiger partial charge in [0.1, 0.15) is 12.4 Å². The lowest BCUT2D eigenvalue weighted by Crippen LogP contribution is -2.41. The monoisotopic (exact) mass is 504 g/mol. The smallest absolute Gasteiger partial charge is 0.252 e. The summed E-state index contributed by atoms with van der Waals surface area (Å²) >= 11 is 0. The first-order valence-electron chi connectivity index (χ1n) is 13.5. The van der Waals surface area contributed by atoms with Crippen molar-refractivity contribution in [2.45, 2.75) is 52.5 Å². The van der Waals surface area contributed by atoms with Crippen LogP contribution in [0.3, 0.4) is 0 Å². The quantitative estimate of drug-likeness (QED) is 0.592. The van der Waals surface area contributed by atoms with Gasteiger partial charge >= 0.3 is 0 Å². The maximum atomic E-state index is 14.4. The molecule has 0 radical (unpaired) electrons. The Labute approximate surface area is 216 Å². The number of carbonyl (C=O) groups is 2. The van der Waals surface area contributed by atoms with E-state index in [1.807, 2.05) is 4.90 Å². The number of halogens is 1. The second-order valence-corrected chi connectivity index (χ2v) is 10.9. The van der Waals surface area contributed by atoms with Crippen LogP contribution >= 0.6 is 0 Å². The third-order valence-corrected chi connectivity index (χ3v) is 7.30. The molecule has 36 heavy (non-hydrogen) atoms. The van der Waals surface area contributed by atoms with Gasteiger partial charge in [0.15, 0.2) is 0 Å². The molecule has 8 heteroatoms. The summed E-state index contributed by atoms with van der Waals surface area (Å²) in [5.74, 6) is 0.545. The molecule has 0 unspecified atom stereocenters. The number of methoxy groups -OCH3 is 1. The topological polar surface area (TPSA) is 56.3 Å². The van der Waals surface area contributed by atoms with E-state index in [0.29, 0.717) is 49.1 Å². The summed E-state index contributed by atoms with van der Waals surface area (Å²) < 4.78 is 19.5. The molecule has 1 aromatic rings. The highest BCUT2D eigenvalue weighted by Gasteiger charge is 2.26. The van der Waals surface area contributed by atoms with E-state index in [4.69, 9.17) is 4.74 Å². The van der Waals surface area contributed by atoms with Crippen molar-refractivity contribution in [3.8, 4) is 0 Å². The van der Waals surface area contributed by atoms with Crippen molar-refractivity contribution in [2.75, 3.05) is 71.5 Å². The summed E-state index contributed by atoms with van der Waals surface area (Å²) in [7, 11) is 3.63. The van der Waals surface area contributed by atoms with E-state index in [-0.39, 0.29) is 24.2 Å². The zero-order chi connectivity index (χ0) is 26.1. The molecule has 0 bridgehead atoms. The third kappa shape index (κ3) is 8.53. The average Bonchev–Trinajstić information content (AvgIpc) is 2.82. The molecular weight excluding hydrogens is 459 g/mol. The first-order valence-corrected chi connectivity index (χ1v) is 13.5. The molecule has 0 atom stereocenters. The molecule has 2 amide bonds. The highest BCUT2D eigenvalue weighted by atomic mass is 19.1. The van der Waals surface area contributed by atoms with Gasteiger partial charge < -0.3 is 24.3 Å². The fourth-order valence-electron chi connectivity index (χ4n) is 5.41. The van der Waals surface area contributed by atoms with Gasteiger partial charge in [-0.3, -0.25) is 9.59 Å². The molecule has 2 aliphatic heterocycles. The number of piperidine rings is 1. The van der Waals surface area contributed by atoms with Crippen molar-refractivity contribution in [1.82, 2.24) is 14.7 Å². The van der Waals surface area contributed by atoms with Gasteiger partial charge in [0.05, 0.1) is 0 Å². The third-order valence-electron chi connectivity index (χ3n) is 7.30. The van der Waals surface area contributed by atoms with E-state index < -0.39 is 0 Å². The number of amides is 2. The van der Waals surface area contributed by atoms with Gasteiger partial charge in [-0.1, -0.05) is 13.8 Å². The van der Waals surface area contributed by atoms with Crippen molar-refractivity contribution in [1.29, 1.82) is 0 Å². The van der Waals surface area contributed by atoms with E-state index in [2.05, 4.69) is 30.7 Å². The van der Waals surface area contributed by atoms with Crippen LogP contribution in [0.5, 0.6) is 0 Å². The predicted octanol–water partition coefficient (Wildman–Crippen LogP) is 3.62. The Kier molecular flexibility index (Phi) is 11.1. The van der Waals surface area contributed by atoms with Crippen molar-refractivity contribution < 1.29 is 18.7 Å². The minimum atomic E-state index is -0.356. The maximum Gasteiger partial charge on any atom is 0.252 e. The number of anilines is 1. The van der Waals surface area contributed by atoms with Gasteiger partial charge in [-0.05, 0) is 94.5 Å². The van der Waals surface area contributed by atoms with E-state index in [1.54, 1.807) is 11.0 Å². The molecule has 2 aliphatic rings. The molecule has 0 aliphatic carbocycles. The number of carbonyl (C=O) groups excluding carboxylic acids is 2. The molecule has 0 saturated carbocycles. The van der Waals surface area contributed by atoms with Gasteiger partial charge in [0.2, 0.25) is 5.91 Å². The molecule has 3 rings (SSSR count). The summed E-state index contributed by atoms with van der Waals surface area (Å²) in [6, 6.07) is 4.55. The molecule has 1 saturated heterocycles. The van der Waals surface area contributed by atoms with Crippen LogP contribution in [-0.4, -0.2) is 93.1 Å². The summed E-state index contributed by atoms with van der Waals surface area (Å²) in [6.45, 7) is 10.6. The molecular formula is C28H45FN4O3. The van der Waals surface area contributed by atoms with Crippen molar-refractivity contribution in [3.63, 3.8) is 0 Å². The second kappa shape index (κ2) is 14.1. The Hall–Kier alpha value is -2.03. The number of nitrogens with zero attached hydrogens (tertiary/aromatic N) is 4. The number of rotatable bonds is 6. The Morgan fingerprint density at radius 2 is 1.72 bits per heavy atom. The lowest BCUT2D eigenvalue weighted by Gasteiger charge is -2.33. The van der Waals surface area contributed by atoms with E-state index in [0.717, 1.165) is 58.4 Å². The summed E-state index contributed by atoms with van der Waals surface area (Å²) in [5.41, 5.74) is 1.35. The number of ether oxygens (including phenoxy) is 1. The van der Waals surface area contributed by atoms with Crippen LogP contribution in [0.25, 0.3) is 0 Å². The molecule has 1 aromatic carbocycles. The number of likely N-dealkylation sites (tertiary alicyclic amines) is 1. The zero-order valence-corrected chi connectivity index (χ0v) is 22.7. The molecule has 2 heterocycles. The van der Waals surface area contributed by atoms with Crippen LogP contribution in [0.4, 0.5) is 10.1 Å². The molecule has 0 N–H and O–H groups in total. The zero-order valence-electron chi connectivity index (χ0n) is 22.7. The van der Waals surface area contributed by atoms with Crippen LogP contribution in [-0.2, 0) is 20.9 Å². The van der Waals surface area contributed by atoms with Crippen molar-refractivity contribution in [2.24, 2.45) is 11.8 Å². The van der Waals surface area contributed by atoms with Crippen LogP contribution in [0, 0.1) is 17.7 Å².